The summed E-state index contributed by atoms with van der Waals surface area (Å²) >= 11 is 0. The van der Waals surface area contributed by atoms with Gasteiger partial charge in [0.15, 0.2) is 0 Å². The number of β-amino-alcohol motifs (C(OH)–C–C–N with tert-alkyl or cyclic N) is 1. The number of hydrogen-bond donors (Lipinski definition) is 3. The molecule has 6 heteroatoms. The van der Waals surface area contributed by atoms with Crippen molar-refractivity contribution in [1.29, 1.82) is 0 Å². The Labute approximate surface area is 81.5 Å². The number of amides is 2. The molecule has 3 N–H and O–H groups in total. The first kappa shape index (κ1) is 10.8. The molecule has 1 fully saturated rings. The summed E-state index contributed by atoms with van der Waals surface area (Å²) in [5.41, 5.74) is 0. The number of aliphatic hydroxyl groups is 1. The molecule has 0 aromatic rings. The fourth-order valence-electron chi connectivity index (χ4n) is 1.31. The van der Waals surface area contributed by atoms with Crippen LogP contribution < -0.4 is 5.32 Å². The van der Waals surface area contributed by atoms with Crippen LogP contribution in [0.15, 0.2) is 0 Å². The zero-order chi connectivity index (χ0) is 10.6. The molecule has 1 heterocycles. The average Bonchev–Trinajstić information content (AvgIpc) is 2.51. The van der Waals surface area contributed by atoms with Crippen LogP contribution in [0.4, 0.5) is 4.79 Å². The van der Waals surface area contributed by atoms with Gasteiger partial charge in [-0.15, -0.1) is 0 Å². The first-order valence-corrected chi connectivity index (χ1v) is 4.52. The van der Waals surface area contributed by atoms with Crippen molar-refractivity contribution >= 4 is 12.0 Å². The number of carbonyl (C=O) groups is 2. The second-order valence-corrected chi connectivity index (χ2v) is 3.26. The zero-order valence-corrected chi connectivity index (χ0v) is 7.77. The number of carboxylic acid groups (broad SMARTS) is 1. The highest BCUT2D eigenvalue weighted by Crippen LogP contribution is 2.07. The van der Waals surface area contributed by atoms with E-state index in [1.807, 2.05) is 0 Å². The first-order chi connectivity index (χ1) is 6.59. The molecule has 1 saturated heterocycles. The van der Waals surface area contributed by atoms with Crippen LogP contribution in [-0.2, 0) is 4.79 Å². The van der Waals surface area contributed by atoms with Gasteiger partial charge in [0.2, 0.25) is 0 Å². The Morgan fingerprint density at radius 3 is 2.71 bits per heavy atom. The molecule has 0 spiro atoms. The number of nitrogens with one attached hydrogen (secondary N) is 1. The van der Waals surface area contributed by atoms with Gasteiger partial charge in [0, 0.05) is 19.6 Å². The van der Waals surface area contributed by atoms with Gasteiger partial charge in [-0.05, 0) is 6.42 Å². The van der Waals surface area contributed by atoms with E-state index < -0.39 is 12.1 Å². The Balaban J connectivity index is 2.18. The number of carbonyl (C=O) groups excluding carboxylic acids is 1. The highest BCUT2D eigenvalue weighted by Gasteiger charge is 2.23. The lowest BCUT2D eigenvalue weighted by molar-refractivity contribution is -0.136. The molecule has 2 amide bonds. The zero-order valence-electron chi connectivity index (χ0n) is 7.77. The molecular formula is C8H14N2O4. The summed E-state index contributed by atoms with van der Waals surface area (Å²) in [6, 6.07) is -0.303. The molecule has 0 radical (unpaired) electrons. The van der Waals surface area contributed by atoms with Crippen LogP contribution >= 0.6 is 0 Å². The monoisotopic (exact) mass is 202 g/mol. The summed E-state index contributed by atoms with van der Waals surface area (Å²) < 4.78 is 0. The maximum atomic E-state index is 11.3. The molecular weight excluding hydrogens is 188 g/mol. The summed E-state index contributed by atoms with van der Waals surface area (Å²) in [5, 5.41) is 19.9. The predicted octanol–water partition coefficient (Wildman–Crippen LogP) is -0.763. The quantitative estimate of drug-likeness (QED) is 0.561. The lowest BCUT2D eigenvalue weighted by Crippen LogP contribution is -2.39. The molecule has 0 aliphatic carbocycles. The molecule has 0 aromatic heterocycles. The van der Waals surface area contributed by atoms with Crippen LogP contribution in [0.3, 0.4) is 0 Å². The third-order valence-corrected chi connectivity index (χ3v) is 2.07. The highest BCUT2D eigenvalue weighted by molar-refractivity contribution is 5.75. The number of hydrogen-bond acceptors (Lipinski definition) is 3. The second-order valence-electron chi connectivity index (χ2n) is 3.26. The van der Waals surface area contributed by atoms with Crippen molar-refractivity contribution in [1.82, 2.24) is 10.2 Å². The van der Waals surface area contributed by atoms with E-state index in [2.05, 4.69) is 5.32 Å². The van der Waals surface area contributed by atoms with Crippen molar-refractivity contribution in [2.24, 2.45) is 0 Å². The lowest BCUT2D eigenvalue weighted by atomic mass is 10.3. The van der Waals surface area contributed by atoms with Crippen molar-refractivity contribution in [3.63, 3.8) is 0 Å². The largest absolute Gasteiger partial charge is 0.481 e. The van der Waals surface area contributed by atoms with Gasteiger partial charge in [0.1, 0.15) is 0 Å². The number of likely N-dealkylation sites (tertiary alicyclic amines) is 1. The number of urea groups is 1. The van der Waals surface area contributed by atoms with Crippen LogP contribution in [0.2, 0.25) is 0 Å². The summed E-state index contributed by atoms with van der Waals surface area (Å²) in [6.45, 7) is 0.986. The molecule has 0 bridgehead atoms. The minimum atomic E-state index is -0.938. The van der Waals surface area contributed by atoms with Crippen LogP contribution in [-0.4, -0.2) is 52.9 Å². The molecule has 0 saturated carbocycles. The molecule has 1 aliphatic rings. The Bertz CT molecular complexity index is 231. The molecule has 1 rings (SSSR count). The Kier molecular flexibility index (Phi) is 3.70. The number of aliphatic carboxylic acids is 1. The van der Waals surface area contributed by atoms with Gasteiger partial charge in [-0.2, -0.15) is 0 Å². The van der Waals surface area contributed by atoms with E-state index >= 15 is 0 Å². The van der Waals surface area contributed by atoms with Crippen LogP contribution in [0.1, 0.15) is 12.8 Å². The van der Waals surface area contributed by atoms with E-state index in [0.717, 1.165) is 0 Å². The van der Waals surface area contributed by atoms with Crippen molar-refractivity contribution in [2.45, 2.75) is 18.9 Å². The topological polar surface area (TPSA) is 89.9 Å². The van der Waals surface area contributed by atoms with Gasteiger partial charge in [-0.3, -0.25) is 4.79 Å². The third kappa shape index (κ3) is 3.21. The molecule has 1 atom stereocenters. The fourth-order valence-corrected chi connectivity index (χ4v) is 1.31. The summed E-state index contributed by atoms with van der Waals surface area (Å²) in [6.07, 6.45) is 0.0642. The minimum Gasteiger partial charge on any atom is -0.481 e. The number of rotatable bonds is 3. The summed E-state index contributed by atoms with van der Waals surface area (Å²) in [7, 11) is 0. The fraction of sp³-hybridized carbons (Fsp3) is 0.750. The maximum absolute atomic E-state index is 11.3. The van der Waals surface area contributed by atoms with Crippen LogP contribution in [0.5, 0.6) is 0 Å². The van der Waals surface area contributed by atoms with E-state index in [9.17, 15) is 9.59 Å². The minimum absolute atomic E-state index is 0.0812. The van der Waals surface area contributed by atoms with Gasteiger partial charge in [0.05, 0.1) is 12.5 Å². The van der Waals surface area contributed by atoms with E-state index in [1.54, 1.807) is 0 Å². The van der Waals surface area contributed by atoms with Crippen molar-refractivity contribution in [2.75, 3.05) is 19.6 Å². The predicted molar refractivity (Wildman–Crippen MR) is 47.8 cm³/mol. The van der Waals surface area contributed by atoms with E-state index in [1.165, 1.54) is 4.90 Å². The van der Waals surface area contributed by atoms with Crippen LogP contribution in [0, 0.1) is 0 Å². The third-order valence-electron chi connectivity index (χ3n) is 2.07. The van der Waals surface area contributed by atoms with Crippen LogP contribution in [0.25, 0.3) is 0 Å². The molecule has 14 heavy (non-hydrogen) atoms. The van der Waals surface area contributed by atoms with Gasteiger partial charge in [-0.25, -0.2) is 4.79 Å². The van der Waals surface area contributed by atoms with E-state index in [0.29, 0.717) is 19.5 Å². The smallest absolute Gasteiger partial charge is 0.317 e. The van der Waals surface area contributed by atoms with Crippen molar-refractivity contribution < 1.29 is 19.8 Å². The highest BCUT2D eigenvalue weighted by atomic mass is 16.4. The Hall–Kier alpha value is -1.30. The van der Waals surface area contributed by atoms with E-state index in [4.69, 9.17) is 10.2 Å². The standard InChI is InChI=1S/C8H14N2O4/c11-6-2-4-10(5-6)8(14)9-3-1-7(12)13/h6,11H,1-5H2,(H,9,14)(H,12,13)/t6-/m0/s1. The lowest BCUT2D eigenvalue weighted by Gasteiger charge is -2.15. The van der Waals surface area contributed by atoms with Gasteiger partial charge in [-0.1, -0.05) is 0 Å². The number of nitrogens with zero attached hydrogens (tertiary/aromatic N) is 1. The first-order valence-electron chi connectivity index (χ1n) is 4.52. The molecule has 1 aliphatic heterocycles. The van der Waals surface area contributed by atoms with Gasteiger partial charge < -0.3 is 20.4 Å². The van der Waals surface area contributed by atoms with Crippen molar-refractivity contribution in [3.8, 4) is 0 Å². The maximum Gasteiger partial charge on any atom is 0.317 e. The number of aliphatic hydroxyl groups excluding tert-OH is 1. The second kappa shape index (κ2) is 4.80. The molecule has 0 aromatic carbocycles. The van der Waals surface area contributed by atoms with E-state index in [-0.39, 0.29) is 19.0 Å². The normalized spacial score (nSPS) is 20.9. The average molecular weight is 202 g/mol. The Morgan fingerprint density at radius 2 is 2.21 bits per heavy atom. The number of carboxylic acids is 1. The van der Waals surface area contributed by atoms with Crippen molar-refractivity contribution in [3.05, 3.63) is 0 Å². The van der Waals surface area contributed by atoms with Gasteiger partial charge >= 0.3 is 12.0 Å². The SMILES string of the molecule is O=C(O)CCNC(=O)N1CC[C@H](O)C1. The molecule has 0 unspecified atom stereocenters. The van der Waals surface area contributed by atoms with Gasteiger partial charge in [0.25, 0.3) is 0 Å². The summed E-state index contributed by atoms with van der Waals surface area (Å²) in [5.74, 6) is -0.938. The molecule has 6 nitrogen and oxygen atoms in total. The molecule has 80 valence electrons. The Morgan fingerprint density at radius 1 is 1.50 bits per heavy atom. The summed E-state index contributed by atoms with van der Waals surface area (Å²) in [4.78, 5) is 22.9.